The van der Waals surface area contributed by atoms with Gasteiger partial charge in [-0.05, 0) is 6.92 Å². The summed E-state index contributed by atoms with van der Waals surface area (Å²) in [6, 6.07) is -10.3. The zero-order chi connectivity index (χ0) is 108. The van der Waals surface area contributed by atoms with Crippen molar-refractivity contribution in [3.63, 3.8) is 0 Å². The van der Waals surface area contributed by atoms with Gasteiger partial charge in [0.05, 0.1) is 78.8 Å². The number of nitrogens with one attached hydrogen (secondary N) is 5. The summed E-state index contributed by atoms with van der Waals surface area (Å²) in [7, 11) is 0. The summed E-state index contributed by atoms with van der Waals surface area (Å²) in [5, 5.41) is 375. The number of carbonyl (C=O) groups excluding carboxylic acids is 5. The van der Waals surface area contributed by atoms with Crippen LogP contribution < -0.4 is 26.6 Å². The van der Waals surface area contributed by atoms with Gasteiger partial charge < -0.3 is 299 Å². The number of amides is 5. The van der Waals surface area contributed by atoms with E-state index in [9.17, 15) is 187 Å². The molecule has 65 heteroatoms. The summed E-state index contributed by atoms with van der Waals surface area (Å²) in [6.07, 6.45) is -121. The lowest BCUT2D eigenvalue weighted by atomic mass is 9.93. The number of rotatable bonds is 38. The third-order valence-electron chi connectivity index (χ3n) is 27.0. The Labute approximate surface area is 832 Å². The molecule has 0 radical (unpaired) electrons. The molecule has 0 bridgehead atoms. The molecule has 0 aromatic carbocycles. The average Bonchev–Trinajstić information content (AvgIpc) is 0.764. The Morgan fingerprint density at radius 3 is 0.816 bits per heavy atom. The van der Waals surface area contributed by atoms with E-state index in [1.807, 2.05) is 0 Å². The number of aliphatic hydroxyl groups is 32. The lowest BCUT2D eigenvalue weighted by Gasteiger charge is -2.52. The second-order valence-corrected chi connectivity index (χ2v) is 37.3. The topological polar surface area (TPSA) is 1010 Å². The van der Waals surface area contributed by atoms with Crippen LogP contribution in [0.3, 0.4) is 0 Å². The monoisotopic (exact) mass is 2150 g/mol. The quantitative estimate of drug-likeness (QED) is 0.0273. The molecule has 12 aliphatic rings. The molecule has 65 nitrogen and oxygen atoms in total. The molecular formula is C82H137N5O60. The molecule has 5 amide bonds. The van der Waals surface area contributed by atoms with E-state index in [0.29, 0.717) is 0 Å². The normalized spacial score (nSPS) is 49.6. The van der Waals surface area contributed by atoms with Gasteiger partial charge in [-0.25, -0.2) is 0 Å². The summed E-state index contributed by atoms with van der Waals surface area (Å²) < 4.78 is 140. The first kappa shape index (κ1) is 121. The van der Waals surface area contributed by atoms with Crippen LogP contribution in [0.2, 0.25) is 0 Å². The zero-order valence-electron chi connectivity index (χ0n) is 79.2. The van der Waals surface area contributed by atoms with E-state index < -0.39 is 470 Å². The van der Waals surface area contributed by atoms with Crippen LogP contribution in [0.25, 0.3) is 0 Å². The van der Waals surface area contributed by atoms with E-state index >= 15 is 0 Å². The first-order valence-corrected chi connectivity index (χ1v) is 47.0. The molecule has 850 valence electrons. The van der Waals surface area contributed by atoms with Gasteiger partial charge in [-0.3, -0.25) is 24.0 Å². The lowest BCUT2D eigenvalue weighted by Crippen LogP contribution is -2.72. The van der Waals surface area contributed by atoms with E-state index in [0.717, 1.165) is 34.6 Å². The van der Waals surface area contributed by atoms with Crippen LogP contribution in [0.1, 0.15) is 41.5 Å². The van der Waals surface area contributed by atoms with Crippen LogP contribution >= 0.6 is 0 Å². The highest BCUT2D eigenvalue weighted by molar-refractivity contribution is 5.75. The summed E-state index contributed by atoms with van der Waals surface area (Å²) in [5.74, 6) is -5.13. The lowest BCUT2D eigenvalue weighted by molar-refractivity contribution is -0.409. The summed E-state index contributed by atoms with van der Waals surface area (Å²) in [5.41, 5.74) is 0. The van der Waals surface area contributed by atoms with E-state index in [-0.39, 0.29) is 0 Å². The first-order chi connectivity index (χ1) is 69.5. The van der Waals surface area contributed by atoms with Gasteiger partial charge >= 0.3 is 0 Å². The Bertz CT molecular complexity index is 4110. The number of aliphatic hydroxyl groups excluding tert-OH is 32. The molecule has 0 aromatic rings. The van der Waals surface area contributed by atoms with Gasteiger partial charge in [-0.15, -0.1) is 0 Å². The largest absolute Gasteiger partial charge is 0.394 e. The average molecular weight is 2150 g/mol. The third-order valence-corrected chi connectivity index (χ3v) is 27.0. The van der Waals surface area contributed by atoms with E-state index in [1.54, 1.807) is 0 Å². The molecule has 12 rings (SSSR count). The maximum atomic E-state index is 13.6. The minimum atomic E-state index is -2.86. The van der Waals surface area contributed by atoms with Crippen LogP contribution in [0.4, 0.5) is 0 Å². The molecule has 12 saturated heterocycles. The molecule has 0 saturated carbocycles. The fraction of sp³-hybridized carbons (Fsp3) is 0.939. The van der Waals surface area contributed by atoms with Gasteiger partial charge in [-0.2, -0.15) is 0 Å². The van der Waals surface area contributed by atoms with Gasteiger partial charge in [0, 0.05) is 34.6 Å². The van der Waals surface area contributed by atoms with Crippen LogP contribution in [-0.4, -0.2) is 634 Å². The Hall–Kier alpha value is -4.85. The van der Waals surface area contributed by atoms with Crippen molar-refractivity contribution in [2.45, 2.75) is 410 Å². The molecule has 0 aliphatic carbocycles. The summed E-state index contributed by atoms with van der Waals surface area (Å²) in [4.78, 5) is 66.3. The Balaban J connectivity index is 0.942. The molecular weight excluding hydrogens is 2010 g/mol. The Morgan fingerprint density at radius 1 is 0.190 bits per heavy atom. The minimum Gasteiger partial charge on any atom is -0.394 e. The van der Waals surface area contributed by atoms with Crippen LogP contribution in [0, 0.1) is 0 Å². The zero-order valence-corrected chi connectivity index (χ0v) is 79.2. The van der Waals surface area contributed by atoms with Crippen molar-refractivity contribution >= 4 is 29.5 Å². The summed E-state index contributed by atoms with van der Waals surface area (Å²) in [6.45, 7) is -7.52. The number of ether oxygens (including phenoxy) is 23. The fourth-order valence-electron chi connectivity index (χ4n) is 19.1. The van der Waals surface area contributed by atoms with E-state index in [1.165, 1.54) is 6.92 Å². The maximum absolute atomic E-state index is 13.6. The van der Waals surface area contributed by atoms with Gasteiger partial charge in [0.2, 0.25) is 29.5 Å². The fourth-order valence-corrected chi connectivity index (χ4v) is 19.1. The van der Waals surface area contributed by atoms with Gasteiger partial charge in [-0.1, -0.05) is 0 Å². The van der Waals surface area contributed by atoms with Crippen molar-refractivity contribution in [2.24, 2.45) is 0 Å². The van der Waals surface area contributed by atoms with Gasteiger partial charge in [0.15, 0.2) is 75.5 Å². The highest BCUT2D eigenvalue weighted by atomic mass is 16.8. The highest BCUT2D eigenvalue weighted by Crippen LogP contribution is 2.43. The first-order valence-electron chi connectivity index (χ1n) is 47.0. The van der Waals surface area contributed by atoms with Crippen LogP contribution in [0.15, 0.2) is 0 Å². The second kappa shape index (κ2) is 52.8. The third kappa shape index (κ3) is 26.8. The van der Waals surface area contributed by atoms with Crippen molar-refractivity contribution in [3.05, 3.63) is 0 Å². The van der Waals surface area contributed by atoms with Crippen molar-refractivity contribution in [1.29, 1.82) is 0 Å². The number of hydrogen-bond donors (Lipinski definition) is 37. The number of carbonyl (C=O) groups is 5. The molecule has 0 spiro atoms. The van der Waals surface area contributed by atoms with Crippen molar-refractivity contribution in [2.75, 3.05) is 72.7 Å². The molecule has 0 aromatic heterocycles. The van der Waals surface area contributed by atoms with Crippen molar-refractivity contribution < 1.29 is 296 Å². The standard InChI is InChI=1S/C82H137N5O60/c1-18-40(102)52(114)57(119)76(127-18)125-16-33-65(48(110)35(71(124)128-33)83-19(2)97)139-73-37(85-21(4)99)49(111)64(31(14-95)135-73)142-80-61(123)68(145-82-70(56(118)45(107)28(11-92)134-82)147-75-39(87-23(6)101)50(112)62(30(13-94)137-75)140-77-58(120)53(115)42(104)25(8-89)130-77)66(143-72-36(84-20(3)98)47(109)41(103)24(7-88)129-72)34(138-80)17-126-81-69(55(117)44(106)27(10-91)133-81)146-74-38(86-22(5)100)51(113)63(32(15-96)136-74)141-79-60(122)67(46(108)29(12-93)132-79)144-78-59(121)54(116)43(105)26(9-90)131-78/h18,24-82,88-96,102-124H,7-17H2,1-6H3,(H,83,97)(H,84,98)(H,85,99)(H,86,100)(H,87,101)/t18-,24+,25+,26+,27+,28+,29+,30+,31+,32+,33+,34+,35+,36+,37+,38+,39+,40+,41+,42-,43-,44+,45+,46-,47+,48+,49+,50+,51+,52+,53-,54-,55-,56-,57-,58+,59+,60+,61-,62+,63+,64+,65+,66+,67-,68+,69-,70-,71?,72-,73-,74-,75-,76+,77-,78+,79-,80-,81-,82+/m0/s1. The molecule has 1 unspecified atom stereocenters. The minimum absolute atomic E-state index is 0.871. The highest BCUT2D eigenvalue weighted by Gasteiger charge is 2.64. The van der Waals surface area contributed by atoms with E-state index in [2.05, 4.69) is 26.6 Å². The molecule has 12 aliphatic heterocycles. The molecule has 60 atom stereocenters. The van der Waals surface area contributed by atoms with Crippen molar-refractivity contribution in [3.8, 4) is 0 Å². The van der Waals surface area contributed by atoms with Crippen LogP contribution in [-0.2, 0) is 133 Å². The van der Waals surface area contributed by atoms with Crippen LogP contribution in [0.5, 0.6) is 0 Å². The maximum Gasteiger partial charge on any atom is 0.217 e. The number of hydrogen-bond acceptors (Lipinski definition) is 60. The molecule has 147 heavy (non-hydrogen) atoms. The molecule has 37 N–H and O–H groups in total. The Morgan fingerprint density at radius 2 is 0.429 bits per heavy atom. The van der Waals surface area contributed by atoms with E-state index in [4.69, 9.17) is 109 Å². The smallest absolute Gasteiger partial charge is 0.217 e. The molecule has 12 heterocycles. The summed E-state index contributed by atoms with van der Waals surface area (Å²) >= 11 is 0. The Kier molecular flexibility index (Phi) is 43.4. The SMILES string of the molecule is CC(=O)N[C@H]1[C@H](O[C@H]2[C@H](O)[C@@H](NC(C)=O)C(O)O[C@@H]2CO[C@@H]2O[C@@H](C)[C@@H](O)[C@@H](O)[C@@H]2O)O[C@H](CO)[C@@H](O[C@@H]2O[C@H](CO[C@H]3O[C@H](CO)[C@@H](O)[C@H](O)[C@@H]3O[C@@H]3O[C@H](CO)[C@@H](O[C@@H]4O[C@H](CO)[C@H](O)[C@H](O[C@H]5O[C@H](CO)[C@H](O)[C@H](O)[C@H]5O)[C@H]4O)[C@H](O)[C@H]3NC(C)=O)[C@@H](O[C@@H]3O[C@H](CO)[C@@H](O)[C@H](O)[C@H]3NC(C)=O)[C@H](O[C@H]3O[C@H](CO)[C@@H](O)[C@H](O)[C@@H]3O[C@@H]3O[C@H](CO)[C@@H](O[C@@H]4O[C@H](CO)[C@H](O)[C@H](O)[C@H]4O)[C@H](O)[C@H]3NC(C)=O)[C@@H]2O)[C@@H]1O. The predicted octanol–water partition coefficient (Wildman–Crippen LogP) is -25.4. The van der Waals surface area contributed by atoms with Crippen molar-refractivity contribution in [1.82, 2.24) is 26.6 Å². The van der Waals surface area contributed by atoms with Gasteiger partial charge in [0.25, 0.3) is 0 Å². The predicted molar refractivity (Wildman–Crippen MR) is 452 cm³/mol. The van der Waals surface area contributed by atoms with Gasteiger partial charge in [0.1, 0.15) is 287 Å². The molecule has 12 fully saturated rings. The second-order valence-electron chi connectivity index (χ2n) is 37.3.